The van der Waals surface area contributed by atoms with Crippen molar-refractivity contribution in [2.75, 3.05) is 16.8 Å². The highest BCUT2D eigenvalue weighted by molar-refractivity contribution is 6.36. The first-order chi connectivity index (χ1) is 28.2. The van der Waals surface area contributed by atoms with E-state index in [0.717, 1.165) is 33.5 Å². The summed E-state index contributed by atoms with van der Waals surface area (Å²) in [7, 11) is 0. The molecule has 300 valence electrons. The zero-order valence-corrected chi connectivity index (χ0v) is 35.1. The lowest BCUT2D eigenvalue weighted by Gasteiger charge is -2.21. The van der Waals surface area contributed by atoms with Crippen LogP contribution in [-0.4, -0.2) is 29.1 Å². The molecule has 8 rings (SSSR count). The second kappa shape index (κ2) is 18.9. The zero-order valence-electron chi connectivity index (χ0n) is 31.3. The summed E-state index contributed by atoms with van der Waals surface area (Å²) in [6, 6.07) is 36.0. The number of fused-ring (bicyclic) bond motifs is 2. The molecule has 17 heteroatoms. The summed E-state index contributed by atoms with van der Waals surface area (Å²) in [5.41, 5.74) is 19.6. The van der Waals surface area contributed by atoms with Gasteiger partial charge in [-0.15, -0.1) is 0 Å². The third-order valence-corrected chi connectivity index (χ3v) is 9.96. The molecule has 0 unspecified atom stereocenters. The summed E-state index contributed by atoms with van der Waals surface area (Å²) in [5.74, 6) is 0.624. The number of nitrogens with zero attached hydrogens (tertiary/aromatic N) is 6. The van der Waals surface area contributed by atoms with Gasteiger partial charge in [0.25, 0.3) is 11.1 Å². The predicted octanol–water partition coefficient (Wildman–Crippen LogP) is 9.87. The lowest BCUT2D eigenvalue weighted by atomic mass is 10.1. The van der Waals surface area contributed by atoms with Gasteiger partial charge in [0, 0.05) is 40.9 Å². The van der Waals surface area contributed by atoms with Crippen molar-refractivity contribution in [2.24, 2.45) is 5.73 Å². The smallest absolute Gasteiger partial charge is 0.264 e. The van der Waals surface area contributed by atoms with Gasteiger partial charge in [0.2, 0.25) is 11.9 Å². The second-order valence-corrected chi connectivity index (χ2v) is 14.9. The highest BCUT2D eigenvalue weighted by Crippen LogP contribution is 2.28. The highest BCUT2D eigenvalue weighted by Gasteiger charge is 2.19. The van der Waals surface area contributed by atoms with E-state index in [-0.39, 0.29) is 50.6 Å². The Morgan fingerprint density at radius 3 is 1.41 bits per heavy atom. The van der Waals surface area contributed by atoms with Crippen LogP contribution in [0.25, 0.3) is 32.9 Å². The minimum atomic E-state index is -0.295. The van der Waals surface area contributed by atoms with Gasteiger partial charge in [0.15, 0.2) is 0 Å². The van der Waals surface area contributed by atoms with Crippen LogP contribution in [0.5, 0.6) is 0 Å². The molecule has 0 aliphatic carbocycles. The molecule has 0 aliphatic rings. The molecule has 0 fully saturated rings. The number of nitrogen functional groups attached to an aromatic ring is 2. The van der Waals surface area contributed by atoms with Gasteiger partial charge in [-0.05, 0) is 73.2 Å². The van der Waals surface area contributed by atoms with Crippen LogP contribution in [0.3, 0.4) is 0 Å². The van der Waals surface area contributed by atoms with Crippen molar-refractivity contribution in [3.05, 3.63) is 179 Å². The number of nitrogens with two attached hydrogens (primary N) is 3. The van der Waals surface area contributed by atoms with Crippen molar-refractivity contribution in [2.45, 2.75) is 25.9 Å². The Morgan fingerprint density at radius 1 is 0.542 bits per heavy atom. The van der Waals surface area contributed by atoms with Gasteiger partial charge in [-0.1, -0.05) is 119 Å². The number of nitrogens with one attached hydrogen (secondary N) is 1. The van der Waals surface area contributed by atoms with E-state index in [1.165, 1.54) is 6.07 Å². The Kier molecular flexibility index (Phi) is 13.7. The fourth-order valence-corrected chi connectivity index (χ4v) is 7.38. The van der Waals surface area contributed by atoms with Crippen LogP contribution in [0.15, 0.2) is 131 Å². The summed E-state index contributed by atoms with van der Waals surface area (Å²) in [6.07, 6.45) is 0. The Morgan fingerprint density at radius 2 is 0.966 bits per heavy atom. The molecule has 0 bridgehead atoms. The van der Waals surface area contributed by atoms with Gasteiger partial charge in [-0.25, -0.2) is 15.0 Å². The molecule has 0 spiro atoms. The van der Waals surface area contributed by atoms with Crippen LogP contribution in [0.2, 0.25) is 25.5 Å². The maximum Gasteiger partial charge on any atom is 0.264 e. The van der Waals surface area contributed by atoms with Crippen molar-refractivity contribution >= 4 is 97.3 Å². The predicted molar refractivity (Wildman–Crippen MR) is 242 cm³/mol. The molecule has 0 radical (unpaired) electrons. The van der Waals surface area contributed by atoms with E-state index in [1.807, 2.05) is 111 Å². The molecular formula is C42H35Cl5N10O2. The number of pyridine rings is 2. The van der Waals surface area contributed by atoms with Crippen molar-refractivity contribution in [1.82, 2.24) is 29.1 Å². The van der Waals surface area contributed by atoms with Gasteiger partial charge in [0.05, 0.1) is 26.9 Å². The maximum atomic E-state index is 13.4. The first-order valence-corrected chi connectivity index (χ1v) is 19.7. The molecule has 0 amide bonds. The monoisotopic (exact) mass is 886 g/mol. The number of hydrogen-bond donors (Lipinski definition) is 4. The third kappa shape index (κ3) is 10.1. The minimum Gasteiger partial charge on any atom is -0.368 e. The molecule has 4 aromatic carbocycles. The fraction of sp³-hybridized carbons (Fsp3) is 0.0952. The lowest BCUT2D eigenvalue weighted by Crippen LogP contribution is -2.25. The van der Waals surface area contributed by atoms with Crippen LogP contribution in [-0.2, 0) is 0 Å². The lowest BCUT2D eigenvalue weighted by molar-refractivity contribution is 0.734. The Bertz CT molecular complexity index is 2820. The van der Waals surface area contributed by atoms with Crippen LogP contribution in [0, 0.1) is 0 Å². The van der Waals surface area contributed by atoms with Gasteiger partial charge in [-0.3, -0.25) is 18.7 Å². The Hall–Kier alpha value is -5.73. The highest BCUT2D eigenvalue weighted by atomic mass is 35.5. The second-order valence-electron chi connectivity index (χ2n) is 13.0. The fourth-order valence-electron chi connectivity index (χ4n) is 6.23. The summed E-state index contributed by atoms with van der Waals surface area (Å²) in [6.45, 7) is 3.79. The molecule has 2 atom stereocenters. The molecule has 12 nitrogen and oxygen atoms in total. The molecule has 4 heterocycles. The van der Waals surface area contributed by atoms with Crippen molar-refractivity contribution in [3.63, 3.8) is 0 Å². The normalized spacial score (nSPS) is 11.9. The van der Waals surface area contributed by atoms with Crippen molar-refractivity contribution in [3.8, 4) is 11.4 Å². The van der Waals surface area contributed by atoms with Gasteiger partial charge < -0.3 is 22.5 Å². The van der Waals surface area contributed by atoms with Crippen molar-refractivity contribution in [1.29, 1.82) is 0 Å². The largest absolute Gasteiger partial charge is 0.368 e. The van der Waals surface area contributed by atoms with E-state index in [0.29, 0.717) is 26.6 Å². The van der Waals surface area contributed by atoms with Crippen molar-refractivity contribution < 1.29 is 0 Å². The molecular weight excluding hydrogens is 854 g/mol. The molecule has 0 saturated heterocycles. The molecule has 4 aromatic heterocycles. The minimum absolute atomic E-state index is 0.0675. The van der Waals surface area contributed by atoms with Gasteiger partial charge >= 0.3 is 0 Å². The maximum absolute atomic E-state index is 13.4. The number of benzene rings is 4. The third-order valence-electron chi connectivity index (χ3n) is 8.75. The van der Waals surface area contributed by atoms with E-state index >= 15 is 0 Å². The Labute approximate surface area is 363 Å². The molecule has 8 aromatic rings. The number of hydrogen-bond acceptors (Lipinski definition) is 10. The quantitative estimate of drug-likeness (QED) is 0.117. The number of anilines is 3. The van der Waals surface area contributed by atoms with Crippen LogP contribution < -0.4 is 33.6 Å². The molecule has 0 aliphatic heterocycles. The first-order valence-electron chi connectivity index (χ1n) is 17.8. The number of para-hydroxylation sites is 2. The summed E-state index contributed by atoms with van der Waals surface area (Å²) < 4.78 is 3.29. The van der Waals surface area contributed by atoms with E-state index in [1.54, 1.807) is 27.3 Å². The summed E-state index contributed by atoms with van der Waals surface area (Å²) in [4.78, 5) is 41.5. The standard InChI is InChI=1S/C21H17Cl2N5O.C17H15ClN2O.C4H3Cl2N3/c1-12(25-18-11-17(23)26-21(24)27-18)16-10-13-6-5-9-15(22)19(13)20(29)28(16)14-7-3-2-4-8-14;1-11(19)15-10-12-6-5-9-14(18)16(12)17(21)20(15)13-7-3-2-4-8-13;5-2-1-3(6)9-4(7)8-2/h2-12H,1H3,(H3,24,25,26,27);2-11H,19H2,1H3;1H,(H2,7,8,9)/t12-;11-;/m00./s1. The average Bonchev–Trinajstić information content (AvgIpc) is 3.18. The first kappa shape index (κ1) is 42.9. The average molecular weight is 889 g/mol. The molecule has 59 heavy (non-hydrogen) atoms. The Balaban J connectivity index is 0.000000169. The summed E-state index contributed by atoms with van der Waals surface area (Å²) >= 11 is 29.4. The topological polar surface area (TPSA) is 186 Å². The van der Waals surface area contributed by atoms with E-state index < -0.39 is 0 Å². The number of halogens is 5. The van der Waals surface area contributed by atoms with E-state index in [9.17, 15) is 9.59 Å². The van der Waals surface area contributed by atoms with Gasteiger partial charge in [-0.2, -0.15) is 4.98 Å². The van der Waals surface area contributed by atoms with Gasteiger partial charge in [0.1, 0.15) is 21.3 Å². The molecule has 7 N–H and O–H groups in total. The summed E-state index contributed by atoms with van der Waals surface area (Å²) in [5, 5.41) is 7.44. The van der Waals surface area contributed by atoms with Crippen LogP contribution >= 0.6 is 58.0 Å². The van der Waals surface area contributed by atoms with Crippen LogP contribution in [0.1, 0.15) is 37.3 Å². The van der Waals surface area contributed by atoms with Crippen LogP contribution in [0.4, 0.5) is 17.7 Å². The SMILES string of the molecule is C[C@H](N)c1cc2cccc(Cl)c2c(=O)n1-c1ccccc1.C[C@H](Nc1cc(Cl)nc(N)n1)c1cc2cccc(Cl)c2c(=O)n1-c1ccccc1.Nc1nc(Cl)cc(Cl)n1. The van der Waals surface area contributed by atoms with E-state index in [4.69, 9.17) is 75.2 Å². The van der Waals surface area contributed by atoms with E-state index in [2.05, 4.69) is 25.3 Å². The molecule has 0 saturated carbocycles. The number of aromatic nitrogens is 6. The number of rotatable bonds is 6. The zero-order chi connectivity index (χ0) is 42.4.